The Morgan fingerprint density at radius 3 is 2.67 bits per heavy atom. The fourth-order valence-electron chi connectivity index (χ4n) is 2.23. The standard InChI is InChI=1S/C18H23NO2/c20-13-6-2-1-3-8-16-9-7-11-18(14-16)21-15-17-10-4-5-12-19-17/h4-5,7,9-12,14,20H,1-3,6,8,13,15H2. The van der Waals surface area contributed by atoms with Crippen molar-refractivity contribution < 1.29 is 9.84 Å². The van der Waals surface area contributed by atoms with Gasteiger partial charge in [-0.2, -0.15) is 0 Å². The summed E-state index contributed by atoms with van der Waals surface area (Å²) in [6.07, 6.45) is 7.18. The first kappa shape index (κ1) is 15.5. The van der Waals surface area contributed by atoms with E-state index < -0.39 is 0 Å². The van der Waals surface area contributed by atoms with Gasteiger partial charge in [0.1, 0.15) is 12.4 Å². The van der Waals surface area contributed by atoms with Crippen LogP contribution < -0.4 is 4.74 Å². The molecule has 21 heavy (non-hydrogen) atoms. The van der Waals surface area contributed by atoms with Crippen molar-refractivity contribution in [2.24, 2.45) is 0 Å². The SMILES string of the molecule is OCCCCCCc1cccc(OCc2ccccn2)c1. The number of ether oxygens (including phenoxy) is 1. The first-order valence-electron chi connectivity index (χ1n) is 7.61. The third kappa shape index (κ3) is 5.96. The second-order valence-electron chi connectivity index (χ2n) is 5.14. The maximum atomic E-state index is 8.75. The second kappa shape index (κ2) is 9.14. The van der Waals surface area contributed by atoms with E-state index in [1.54, 1.807) is 6.20 Å². The number of rotatable bonds is 9. The van der Waals surface area contributed by atoms with Gasteiger partial charge in [-0.1, -0.05) is 31.0 Å². The number of aliphatic hydroxyl groups excluding tert-OH is 1. The molecule has 0 aliphatic rings. The number of aromatic nitrogens is 1. The molecule has 1 N–H and O–H groups in total. The van der Waals surface area contributed by atoms with E-state index in [4.69, 9.17) is 9.84 Å². The minimum Gasteiger partial charge on any atom is -0.487 e. The second-order valence-corrected chi connectivity index (χ2v) is 5.14. The Labute approximate surface area is 126 Å². The van der Waals surface area contributed by atoms with E-state index in [1.807, 2.05) is 30.3 Å². The summed E-state index contributed by atoms with van der Waals surface area (Å²) in [6, 6.07) is 14.1. The van der Waals surface area contributed by atoms with Crippen molar-refractivity contribution in [1.29, 1.82) is 0 Å². The molecule has 112 valence electrons. The Bertz CT molecular complexity index is 514. The Morgan fingerprint density at radius 1 is 0.952 bits per heavy atom. The predicted octanol–water partition coefficient (Wildman–Crippen LogP) is 3.76. The molecule has 3 nitrogen and oxygen atoms in total. The molecule has 0 atom stereocenters. The van der Waals surface area contributed by atoms with Gasteiger partial charge >= 0.3 is 0 Å². The summed E-state index contributed by atoms with van der Waals surface area (Å²) in [5.74, 6) is 0.897. The van der Waals surface area contributed by atoms with Crippen molar-refractivity contribution >= 4 is 0 Å². The summed E-state index contributed by atoms with van der Waals surface area (Å²) in [7, 11) is 0. The largest absolute Gasteiger partial charge is 0.487 e. The van der Waals surface area contributed by atoms with Crippen LogP contribution in [0.25, 0.3) is 0 Å². The number of nitrogens with zero attached hydrogens (tertiary/aromatic N) is 1. The molecule has 0 aliphatic carbocycles. The molecule has 0 aliphatic heterocycles. The molecular weight excluding hydrogens is 262 g/mol. The average molecular weight is 285 g/mol. The number of aryl methyl sites for hydroxylation is 1. The minimum atomic E-state index is 0.302. The molecule has 0 unspecified atom stereocenters. The highest BCUT2D eigenvalue weighted by Crippen LogP contribution is 2.17. The maximum Gasteiger partial charge on any atom is 0.130 e. The molecule has 0 saturated heterocycles. The fourth-order valence-corrected chi connectivity index (χ4v) is 2.23. The number of aliphatic hydroxyl groups is 1. The third-order valence-electron chi connectivity index (χ3n) is 3.38. The lowest BCUT2D eigenvalue weighted by atomic mass is 10.1. The Hall–Kier alpha value is -1.87. The first-order chi connectivity index (χ1) is 10.4. The van der Waals surface area contributed by atoms with Gasteiger partial charge in [0.15, 0.2) is 0 Å². The van der Waals surface area contributed by atoms with Gasteiger partial charge in [-0.15, -0.1) is 0 Å². The van der Waals surface area contributed by atoms with Gasteiger partial charge in [-0.05, 0) is 49.1 Å². The van der Waals surface area contributed by atoms with Crippen LogP contribution in [0.15, 0.2) is 48.7 Å². The van der Waals surface area contributed by atoms with Gasteiger partial charge in [-0.3, -0.25) is 4.98 Å². The Kier molecular flexibility index (Phi) is 6.75. The zero-order chi connectivity index (χ0) is 14.8. The zero-order valence-electron chi connectivity index (χ0n) is 12.4. The number of pyridine rings is 1. The van der Waals surface area contributed by atoms with Crippen molar-refractivity contribution in [1.82, 2.24) is 4.98 Å². The van der Waals surface area contributed by atoms with E-state index in [1.165, 1.54) is 12.0 Å². The highest BCUT2D eigenvalue weighted by molar-refractivity contribution is 5.28. The number of benzene rings is 1. The predicted molar refractivity (Wildman–Crippen MR) is 84.3 cm³/mol. The normalized spacial score (nSPS) is 10.5. The summed E-state index contributed by atoms with van der Waals surface area (Å²) in [5.41, 5.74) is 2.24. The first-order valence-corrected chi connectivity index (χ1v) is 7.61. The number of unbranched alkanes of at least 4 members (excludes halogenated alkanes) is 3. The zero-order valence-corrected chi connectivity index (χ0v) is 12.4. The summed E-state index contributed by atoms with van der Waals surface area (Å²) in [6.45, 7) is 0.803. The maximum absolute atomic E-state index is 8.75. The number of hydrogen-bond acceptors (Lipinski definition) is 3. The lowest BCUT2D eigenvalue weighted by Crippen LogP contribution is -1.98. The van der Waals surface area contributed by atoms with Gasteiger partial charge in [0.05, 0.1) is 5.69 Å². The van der Waals surface area contributed by atoms with Crippen molar-refractivity contribution in [3.8, 4) is 5.75 Å². The van der Waals surface area contributed by atoms with Crippen molar-refractivity contribution in [2.45, 2.75) is 38.7 Å². The van der Waals surface area contributed by atoms with Crippen LogP contribution >= 0.6 is 0 Å². The van der Waals surface area contributed by atoms with Crippen molar-refractivity contribution in [2.75, 3.05) is 6.61 Å². The van der Waals surface area contributed by atoms with E-state index in [9.17, 15) is 0 Å². The lowest BCUT2D eigenvalue weighted by Gasteiger charge is -2.08. The van der Waals surface area contributed by atoms with Crippen LogP contribution in [-0.2, 0) is 13.0 Å². The monoisotopic (exact) mass is 285 g/mol. The quantitative estimate of drug-likeness (QED) is 0.713. The van der Waals surface area contributed by atoms with Crippen LogP contribution in [0.1, 0.15) is 36.9 Å². The van der Waals surface area contributed by atoms with Crippen LogP contribution in [0.4, 0.5) is 0 Å². The van der Waals surface area contributed by atoms with Crippen LogP contribution in [0.5, 0.6) is 5.75 Å². The molecule has 0 spiro atoms. The molecule has 2 rings (SSSR count). The van der Waals surface area contributed by atoms with Gasteiger partial charge in [0.2, 0.25) is 0 Å². The Morgan fingerprint density at radius 2 is 1.86 bits per heavy atom. The van der Waals surface area contributed by atoms with Crippen LogP contribution in [0.2, 0.25) is 0 Å². The number of hydrogen-bond donors (Lipinski definition) is 1. The van der Waals surface area contributed by atoms with Gasteiger partial charge in [0, 0.05) is 12.8 Å². The highest BCUT2D eigenvalue weighted by atomic mass is 16.5. The van der Waals surface area contributed by atoms with E-state index in [0.29, 0.717) is 13.2 Å². The molecule has 1 aromatic carbocycles. The molecule has 0 saturated carbocycles. The van der Waals surface area contributed by atoms with E-state index >= 15 is 0 Å². The van der Waals surface area contributed by atoms with Gasteiger partial charge in [0.25, 0.3) is 0 Å². The molecular formula is C18H23NO2. The molecule has 2 aromatic rings. The molecule has 1 heterocycles. The molecule has 3 heteroatoms. The van der Waals surface area contributed by atoms with Gasteiger partial charge < -0.3 is 9.84 Å². The van der Waals surface area contributed by atoms with Crippen molar-refractivity contribution in [3.63, 3.8) is 0 Å². The summed E-state index contributed by atoms with van der Waals surface area (Å²) < 4.78 is 5.78. The van der Waals surface area contributed by atoms with Crippen molar-refractivity contribution in [3.05, 3.63) is 59.9 Å². The van der Waals surface area contributed by atoms with E-state index in [0.717, 1.165) is 37.1 Å². The van der Waals surface area contributed by atoms with E-state index in [2.05, 4.69) is 17.1 Å². The molecule has 0 radical (unpaired) electrons. The van der Waals surface area contributed by atoms with Crippen LogP contribution in [-0.4, -0.2) is 16.7 Å². The molecule has 0 fully saturated rings. The smallest absolute Gasteiger partial charge is 0.130 e. The van der Waals surface area contributed by atoms with Crippen LogP contribution in [0.3, 0.4) is 0 Å². The minimum absolute atomic E-state index is 0.302. The Balaban J connectivity index is 1.77. The molecule has 0 bridgehead atoms. The summed E-state index contributed by atoms with van der Waals surface area (Å²) in [5, 5.41) is 8.75. The topological polar surface area (TPSA) is 42.4 Å². The molecule has 0 amide bonds. The summed E-state index contributed by atoms with van der Waals surface area (Å²) in [4.78, 5) is 4.25. The average Bonchev–Trinajstić information content (AvgIpc) is 2.54. The van der Waals surface area contributed by atoms with Crippen LogP contribution in [0, 0.1) is 0 Å². The summed E-state index contributed by atoms with van der Waals surface area (Å²) >= 11 is 0. The van der Waals surface area contributed by atoms with E-state index in [-0.39, 0.29) is 0 Å². The fraction of sp³-hybridized carbons (Fsp3) is 0.389. The molecule has 1 aromatic heterocycles. The van der Waals surface area contributed by atoms with Gasteiger partial charge in [-0.25, -0.2) is 0 Å². The highest BCUT2D eigenvalue weighted by Gasteiger charge is 1.99. The third-order valence-corrected chi connectivity index (χ3v) is 3.38. The lowest BCUT2D eigenvalue weighted by molar-refractivity contribution is 0.282.